The Morgan fingerprint density at radius 2 is 1.03 bits per heavy atom. The molecule has 0 spiro atoms. The number of aromatic nitrogens is 2. The van der Waals surface area contributed by atoms with E-state index in [9.17, 15) is 0 Å². The van der Waals surface area contributed by atoms with Crippen LogP contribution in [0.15, 0.2) is 168 Å². The Hall–Kier alpha value is -4.54. The molecule has 6 rings (SSSR count). The van der Waals surface area contributed by atoms with E-state index in [4.69, 9.17) is 4.98 Å². The van der Waals surface area contributed by atoms with Crippen molar-refractivity contribution in [1.82, 2.24) is 9.97 Å². The van der Waals surface area contributed by atoms with Gasteiger partial charge in [0.05, 0.1) is 23.5 Å². The second-order valence-corrected chi connectivity index (χ2v) is 10.6. The quantitative estimate of drug-likeness (QED) is 0.186. The minimum absolute atomic E-state index is 0.205. The molecule has 0 saturated carbocycles. The van der Waals surface area contributed by atoms with E-state index in [0.29, 0.717) is 0 Å². The molecule has 0 saturated heterocycles. The second kappa shape index (κ2) is 11.5. The summed E-state index contributed by atoms with van der Waals surface area (Å²) in [6.07, 6.45) is 3.76. The van der Waals surface area contributed by atoms with Gasteiger partial charge in [0, 0.05) is 21.7 Å². The smallest absolute Gasteiger partial charge is 0.0924 e. The normalized spacial score (nSPS) is 12.1. The van der Waals surface area contributed by atoms with Crippen LogP contribution in [0.1, 0.15) is 28.4 Å². The lowest BCUT2D eigenvalue weighted by atomic mass is 9.63. The van der Waals surface area contributed by atoms with Gasteiger partial charge in [-0.05, 0) is 53.1 Å². The van der Waals surface area contributed by atoms with E-state index in [1.807, 2.05) is 12.3 Å². The lowest BCUT2D eigenvalue weighted by Crippen LogP contribution is -2.40. The Morgan fingerprint density at radius 3 is 1.49 bits per heavy atom. The molecular weight excluding hydrogens is 494 g/mol. The summed E-state index contributed by atoms with van der Waals surface area (Å²) >= 11 is 1.76. The third-order valence-corrected chi connectivity index (χ3v) is 8.10. The van der Waals surface area contributed by atoms with Crippen molar-refractivity contribution >= 4 is 17.4 Å². The van der Waals surface area contributed by atoms with Crippen molar-refractivity contribution in [3.63, 3.8) is 0 Å². The molecule has 0 aliphatic heterocycles. The highest BCUT2D eigenvalue weighted by Crippen LogP contribution is 2.49. The predicted octanol–water partition coefficient (Wildman–Crippen LogP) is 8.75. The Morgan fingerprint density at radius 1 is 0.564 bits per heavy atom. The summed E-state index contributed by atoms with van der Waals surface area (Å²) < 4.78 is 0. The minimum Gasteiger partial charge on any atom is -0.375 e. The van der Waals surface area contributed by atoms with Crippen LogP contribution in [-0.2, 0) is 5.41 Å². The number of H-pyrrole nitrogens is 1. The van der Waals surface area contributed by atoms with Crippen LogP contribution in [0.25, 0.3) is 0 Å². The number of imidazole rings is 1. The van der Waals surface area contributed by atoms with E-state index >= 15 is 0 Å². The van der Waals surface area contributed by atoms with Gasteiger partial charge >= 0.3 is 0 Å². The molecule has 1 aromatic heterocycles. The molecule has 6 aromatic rings. The molecule has 0 radical (unpaired) electrons. The first kappa shape index (κ1) is 24.8. The molecule has 39 heavy (non-hydrogen) atoms. The number of aromatic amines is 1. The molecule has 1 heterocycles. The maximum atomic E-state index is 4.81. The Bertz CT molecular complexity index is 1470. The Kier molecular flexibility index (Phi) is 7.28. The summed E-state index contributed by atoms with van der Waals surface area (Å²) in [5.74, 6) is 0. The molecule has 0 aliphatic rings. The second-order valence-electron chi connectivity index (χ2n) is 9.42. The molecule has 1 unspecified atom stereocenters. The van der Waals surface area contributed by atoms with E-state index < -0.39 is 5.41 Å². The largest absolute Gasteiger partial charge is 0.375 e. The van der Waals surface area contributed by atoms with Crippen LogP contribution in [0.4, 0.5) is 5.69 Å². The predicted molar refractivity (Wildman–Crippen MR) is 161 cm³/mol. The van der Waals surface area contributed by atoms with Gasteiger partial charge in [0.2, 0.25) is 0 Å². The zero-order valence-electron chi connectivity index (χ0n) is 21.4. The van der Waals surface area contributed by atoms with E-state index in [0.717, 1.165) is 11.4 Å². The number of benzene rings is 5. The van der Waals surface area contributed by atoms with Crippen molar-refractivity contribution in [3.05, 3.63) is 181 Å². The fraction of sp³-hybridized carbons (Fsp3) is 0.0571. The molecule has 5 aromatic carbocycles. The monoisotopic (exact) mass is 523 g/mol. The average Bonchev–Trinajstić information content (AvgIpc) is 3.55. The van der Waals surface area contributed by atoms with E-state index in [-0.39, 0.29) is 6.04 Å². The number of anilines is 1. The fourth-order valence-corrected chi connectivity index (χ4v) is 6.18. The standard InChI is InChI=1S/C35H29N3S/c1-5-13-27(14-6-1)35(28-15-7-2-8-16-28,29-17-9-3-10-18-29)34(33-25-36-26-37-33)38-30-21-23-32(24-22-30)39-31-19-11-4-12-20-31/h1-26,34,38H,(H,36,37). The number of nitrogens with zero attached hydrogens (tertiary/aromatic N) is 1. The van der Waals surface area contributed by atoms with Gasteiger partial charge in [-0.15, -0.1) is 0 Å². The van der Waals surface area contributed by atoms with Gasteiger partial charge in [-0.1, -0.05) is 121 Å². The van der Waals surface area contributed by atoms with Gasteiger partial charge < -0.3 is 10.3 Å². The first-order valence-corrected chi connectivity index (χ1v) is 13.9. The lowest BCUT2D eigenvalue weighted by molar-refractivity contribution is 0.513. The van der Waals surface area contributed by atoms with E-state index in [2.05, 4.69) is 150 Å². The summed E-state index contributed by atoms with van der Waals surface area (Å²) in [4.78, 5) is 10.4. The van der Waals surface area contributed by atoms with Crippen LogP contribution in [0.3, 0.4) is 0 Å². The van der Waals surface area contributed by atoms with Gasteiger partial charge in [0.15, 0.2) is 0 Å². The summed E-state index contributed by atoms with van der Waals surface area (Å²) in [6, 6.07) is 51.2. The zero-order valence-corrected chi connectivity index (χ0v) is 22.3. The van der Waals surface area contributed by atoms with Crippen molar-refractivity contribution in [2.24, 2.45) is 0 Å². The molecule has 0 bridgehead atoms. The van der Waals surface area contributed by atoms with Crippen molar-refractivity contribution < 1.29 is 0 Å². The van der Waals surface area contributed by atoms with Gasteiger partial charge in [0.1, 0.15) is 0 Å². The first-order valence-electron chi connectivity index (χ1n) is 13.1. The molecule has 4 heteroatoms. The van der Waals surface area contributed by atoms with Gasteiger partial charge in [-0.2, -0.15) is 0 Å². The molecule has 0 amide bonds. The molecule has 2 N–H and O–H groups in total. The molecule has 0 fully saturated rings. The van der Waals surface area contributed by atoms with Crippen molar-refractivity contribution in [1.29, 1.82) is 0 Å². The minimum atomic E-state index is -0.559. The molecular formula is C35H29N3S. The SMILES string of the molecule is c1ccc(Sc2ccc(NC(c3c[nH]cn3)C(c3ccccc3)(c3ccccc3)c3ccccc3)cc2)cc1. The maximum absolute atomic E-state index is 4.81. The lowest BCUT2D eigenvalue weighted by Gasteiger charge is -2.43. The van der Waals surface area contributed by atoms with E-state index in [1.54, 1.807) is 18.1 Å². The van der Waals surface area contributed by atoms with Crippen molar-refractivity contribution in [2.75, 3.05) is 5.32 Å². The maximum Gasteiger partial charge on any atom is 0.0924 e. The van der Waals surface area contributed by atoms with Crippen LogP contribution in [0, 0.1) is 0 Å². The zero-order chi connectivity index (χ0) is 26.3. The van der Waals surface area contributed by atoms with Gasteiger partial charge in [0.25, 0.3) is 0 Å². The summed E-state index contributed by atoms with van der Waals surface area (Å²) in [5.41, 5.74) is 5.00. The highest BCUT2D eigenvalue weighted by molar-refractivity contribution is 7.99. The van der Waals surface area contributed by atoms with Gasteiger partial charge in [-0.25, -0.2) is 4.98 Å². The summed E-state index contributed by atoms with van der Waals surface area (Å²) in [7, 11) is 0. The van der Waals surface area contributed by atoms with Crippen molar-refractivity contribution in [3.8, 4) is 0 Å². The molecule has 0 aliphatic carbocycles. The molecule has 190 valence electrons. The summed E-state index contributed by atoms with van der Waals surface area (Å²) in [5, 5.41) is 3.92. The highest BCUT2D eigenvalue weighted by Gasteiger charge is 2.45. The summed E-state index contributed by atoms with van der Waals surface area (Å²) in [6.45, 7) is 0. The Labute approximate surface area is 234 Å². The van der Waals surface area contributed by atoms with Gasteiger partial charge in [-0.3, -0.25) is 0 Å². The van der Waals surface area contributed by atoms with Crippen LogP contribution >= 0.6 is 11.8 Å². The topological polar surface area (TPSA) is 40.7 Å². The number of rotatable bonds is 9. The van der Waals surface area contributed by atoms with Crippen LogP contribution in [0.5, 0.6) is 0 Å². The third kappa shape index (κ3) is 5.12. The number of nitrogens with one attached hydrogen (secondary N) is 2. The Balaban J connectivity index is 1.49. The fourth-order valence-electron chi connectivity index (χ4n) is 5.35. The number of hydrogen-bond acceptors (Lipinski definition) is 3. The highest BCUT2D eigenvalue weighted by atomic mass is 32.2. The van der Waals surface area contributed by atoms with E-state index in [1.165, 1.54) is 26.5 Å². The number of hydrogen-bond donors (Lipinski definition) is 2. The third-order valence-electron chi connectivity index (χ3n) is 7.08. The van der Waals surface area contributed by atoms with Crippen molar-refractivity contribution in [2.45, 2.75) is 21.2 Å². The van der Waals surface area contributed by atoms with Crippen LogP contribution in [-0.4, -0.2) is 9.97 Å². The van der Waals surface area contributed by atoms with Crippen LogP contribution in [0.2, 0.25) is 0 Å². The first-order chi connectivity index (χ1) is 19.3. The molecule has 3 nitrogen and oxygen atoms in total. The molecule has 1 atom stereocenters. The van der Waals surface area contributed by atoms with Crippen LogP contribution < -0.4 is 5.32 Å². The average molecular weight is 524 g/mol.